The van der Waals surface area contributed by atoms with E-state index in [1.165, 1.54) is 10.5 Å². The highest BCUT2D eigenvalue weighted by Crippen LogP contribution is 2.38. The Kier molecular flexibility index (Phi) is 2.81. The van der Waals surface area contributed by atoms with E-state index in [4.69, 9.17) is 4.42 Å². The van der Waals surface area contributed by atoms with E-state index in [1.54, 1.807) is 0 Å². The van der Waals surface area contributed by atoms with Gasteiger partial charge in [-0.05, 0) is 20.8 Å². The van der Waals surface area contributed by atoms with Gasteiger partial charge in [0.25, 0.3) is 0 Å². The molecule has 13 heavy (non-hydrogen) atoms. The maximum Gasteiger partial charge on any atom is 0.114 e. The number of hydrogen-bond donors (Lipinski definition) is 0. The summed E-state index contributed by atoms with van der Waals surface area (Å²) in [5.41, 5.74) is 1.29. The number of rotatable bonds is 1. The summed E-state index contributed by atoms with van der Waals surface area (Å²) in [5, 5.41) is 0. The zero-order valence-corrected chi connectivity index (χ0v) is 10.1. The Morgan fingerprint density at radius 2 is 1.54 bits per heavy atom. The molecule has 2 heteroatoms. The van der Waals surface area contributed by atoms with Crippen LogP contribution < -0.4 is 0 Å². The fourth-order valence-corrected chi connectivity index (χ4v) is 2.33. The Labute approximate surface area is 84.9 Å². The lowest BCUT2D eigenvalue weighted by Crippen LogP contribution is -2.07. The van der Waals surface area contributed by atoms with Crippen molar-refractivity contribution >= 4 is 11.8 Å². The molecule has 0 aliphatic heterocycles. The van der Waals surface area contributed by atoms with Crippen molar-refractivity contribution in [1.29, 1.82) is 0 Å². The molecule has 74 valence electrons. The van der Waals surface area contributed by atoms with Crippen molar-refractivity contribution in [2.24, 2.45) is 0 Å². The maximum absolute atomic E-state index is 5.57. The van der Waals surface area contributed by atoms with E-state index < -0.39 is 0 Å². The molecule has 0 aromatic carbocycles. The minimum Gasteiger partial charge on any atom is -0.465 e. The third kappa shape index (κ3) is 2.53. The van der Waals surface area contributed by atoms with Crippen LogP contribution in [0.4, 0.5) is 0 Å². The molecule has 0 saturated heterocycles. The molecule has 0 N–H and O–H groups in total. The summed E-state index contributed by atoms with van der Waals surface area (Å²) in [7, 11) is 0. The molecule has 0 amide bonds. The third-order valence-corrected chi connectivity index (χ3v) is 3.31. The van der Waals surface area contributed by atoms with E-state index in [1.807, 2.05) is 25.6 Å². The lowest BCUT2D eigenvalue weighted by Gasteiger charge is -2.17. The highest BCUT2D eigenvalue weighted by molar-refractivity contribution is 8.00. The number of hydrogen-bond acceptors (Lipinski definition) is 2. The predicted molar refractivity (Wildman–Crippen MR) is 58.5 cm³/mol. The first-order valence-electron chi connectivity index (χ1n) is 4.57. The second-order valence-electron chi connectivity index (χ2n) is 4.38. The van der Waals surface area contributed by atoms with Crippen molar-refractivity contribution < 1.29 is 4.42 Å². The van der Waals surface area contributed by atoms with Crippen molar-refractivity contribution in [1.82, 2.24) is 0 Å². The molecule has 0 atom stereocenters. The smallest absolute Gasteiger partial charge is 0.114 e. The van der Waals surface area contributed by atoms with Gasteiger partial charge in [-0.25, -0.2) is 0 Å². The Morgan fingerprint density at radius 3 is 1.85 bits per heavy atom. The van der Waals surface area contributed by atoms with E-state index in [0.29, 0.717) is 0 Å². The molecule has 1 nitrogen and oxygen atoms in total. The van der Waals surface area contributed by atoms with E-state index >= 15 is 0 Å². The predicted octanol–water partition coefficient (Wildman–Crippen LogP) is 4.10. The Balaban J connectivity index is 3.01. The average molecular weight is 198 g/mol. The molecule has 0 fully saturated rings. The highest BCUT2D eigenvalue weighted by atomic mass is 32.2. The first-order valence-corrected chi connectivity index (χ1v) is 5.38. The van der Waals surface area contributed by atoms with Crippen molar-refractivity contribution in [2.75, 3.05) is 0 Å². The van der Waals surface area contributed by atoms with Gasteiger partial charge in [-0.2, -0.15) is 0 Å². The average Bonchev–Trinajstić information content (AvgIpc) is 2.14. The van der Waals surface area contributed by atoms with Gasteiger partial charge in [0, 0.05) is 10.3 Å². The van der Waals surface area contributed by atoms with Crippen LogP contribution in [-0.4, -0.2) is 4.75 Å². The fraction of sp³-hybridized carbons (Fsp3) is 0.636. The minimum atomic E-state index is 0.256. The second-order valence-corrected chi connectivity index (χ2v) is 6.22. The summed E-state index contributed by atoms with van der Waals surface area (Å²) in [6, 6.07) is 0. The highest BCUT2D eigenvalue weighted by Gasteiger charge is 2.19. The van der Waals surface area contributed by atoms with Crippen LogP contribution in [0.1, 0.15) is 37.9 Å². The van der Waals surface area contributed by atoms with Crippen molar-refractivity contribution in [3.63, 3.8) is 0 Å². The SMILES string of the molecule is Cc1oc(C)c(SC(C)(C)C)c1C. The molecule has 0 aliphatic carbocycles. The van der Waals surface area contributed by atoms with Crippen LogP contribution in [0, 0.1) is 20.8 Å². The van der Waals surface area contributed by atoms with E-state index in [2.05, 4.69) is 27.7 Å². The van der Waals surface area contributed by atoms with Crippen molar-refractivity contribution in [3.05, 3.63) is 17.1 Å². The standard InChI is InChI=1S/C11H18OS/c1-7-8(2)12-9(3)10(7)13-11(4,5)6/h1-6H3. The normalized spacial score (nSPS) is 12.2. The molecule has 0 aliphatic rings. The van der Waals surface area contributed by atoms with Gasteiger partial charge in [0.05, 0.1) is 4.90 Å². The summed E-state index contributed by atoms with van der Waals surface area (Å²) in [6.45, 7) is 12.8. The zero-order chi connectivity index (χ0) is 10.2. The maximum atomic E-state index is 5.57. The third-order valence-electron chi connectivity index (χ3n) is 1.90. The van der Waals surface area contributed by atoms with Crippen molar-refractivity contribution in [3.8, 4) is 0 Å². The minimum absolute atomic E-state index is 0.256. The topological polar surface area (TPSA) is 13.1 Å². The molecule has 1 heterocycles. The van der Waals surface area contributed by atoms with Crippen LogP contribution >= 0.6 is 11.8 Å². The van der Waals surface area contributed by atoms with Crippen LogP contribution in [0.15, 0.2) is 9.31 Å². The van der Waals surface area contributed by atoms with Crippen LogP contribution in [0.3, 0.4) is 0 Å². The number of aryl methyl sites for hydroxylation is 2. The van der Waals surface area contributed by atoms with E-state index in [0.717, 1.165) is 11.5 Å². The van der Waals surface area contributed by atoms with Gasteiger partial charge < -0.3 is 4.42 Å². The first-order chi connectivity index (χ1) is 5.81. The van der Waals surface area contributed by atoms with Gasteiger partial charge in [-0.1, -0.05) is 20.8 Å². The van der Waals surface area contributed by atoms with Crippen LogP contribution in [0.5, 0.6) is 0 Å². The lowest BCUT2D eigenvalue weighted by atomic mass is 10.2. The van der Waals surface area contributed by atoms with E-state index in [9.17, 15) is 0 Å². The number of thioether (sulfide) groups is 1. The first kappa shape index (κ1) is 10.7. The lowest BCUT2D eigenvalue weighted by molar-refractivity contribution is 0.497. The van der Waals surface area contributed by atoms with Gasteiger partial charge >= 0.3 is 0 Å². The molecule has 1 aromatic rings. The summed E-state index contributed by atoms with van der Waals surface area (Å²) >= 11 is 1.88. The monoisotopic (exact) mass is 198 g/mol. The van der Waals surface area contributed by atoms with Gasteiger partial charge in [0.2, 0.25) is 0 Å². The quantitative estimate of drug-likeness (QED) is 0.630. The van der Waals surface area contributed by atoms with Crippen LogP contribution in [-0.2, 0) is 0 Å². The Hall–Kier alpha value is -0.370. The largest absolute Gasteiger partial charge is 0.465 e. The molecule has 0 radical (unpaired) electrons. The molecular formula is C11H18OS. The second kappa shape index (κ2) is 3.41. The molecule has 0 unspecified atom stereocenters. The summed E-state index contributed by atoms with van der Waals surface area (Å²) in [6.07, 6.45) is 0. The summed E-state index contributed by atoms with van der Waals surface area (Å²) in [5.74, 6) is 2.10. The van der Waals surface area contributed by atoms with Crippen LogP contribution in [0.25, 0.3) is 0 Å². The summed E-state index contributed by atoms with van der Waals surface area (Å²) in [4.78, 5) is 1.31. The van der Waals surface area contributed by atoms with Gasteiger partial charge in [0.1, 0.15) is 11.5 Å². The van der Waals surface area contributed by atoms with Crippen molar-refractivity contribution in [2.45, 2.75) is 51.2 Å². The zero-order valence-electron chi connectivity index (χ0n) is 9.32. The van der Waals surface area contributed by atoms with Gasteiger partial charge in [-0.3, -0.25) is 0 Å². The van der Waals surface area contributed by atoms with E-state index in [-0.39, 0.29) is 4.75 Å². The van der Waals surface area contributed by atoms with Gasteiger partial charge in [-0.15, -0.1) is 11.8 Å². The molecule has 1 aromatic heterocycles. The molecule has 0 bridgehead atoms. The van der Waals surface area contributed by atoms with Gasteiger partial charge in [0.15, 0.2) is 0 Å². The molecular weight excluding hydrogens is 180 g/mol. The molecule has 0 spiro atoms. The molecule has 1 rings (SSSR count). The Morgan fingerprint density at radius 1 is 1.00 bits per heavy atom. The fourth-order valence-electron chi connectivity index (χ4n) is 1.23. The number of furan rings is 1. The molecule has 0 saturated carbocycles. The van der Waals surface area contributed by atoms with Crippen LogP contribution in [0.2, 0.25) is 0 Å². The Bertz CT molecular complexity index is 305. The summed E-state index contributed by atoms with van der Waals surface area (Å²) < 4.78 is 5.83.